The number of nitrogens with one attached hydrogen (secondary N) is 1. The minimum absolute atomic E-state index is 0.341. The number of pyridine rings is 1. The average molecular weight is 337 g/mol. The summed E-state index contributed by atoms with van der Waals surface area (Å²) < 4.78 is 18.4. The Kier molecular flexibility index (Phi) is 4.99. The molecule has 0 bridgehead atoms. The maximum Gasteiger partial charge on any atom is 0.408 e. The zero-order valence-corrected chi connectivity index (χ0v) is 13.3. The van der Waals surface area contributed by atoms with Gasteiger partial charge in [0.25, 0.3) is 0 Å². The van der Waals surface area contributed by atoms with Crippen molar-refractivity contribution in [3.8, 4) is 0 Å². The van der Waals surface area contributed by atoms with Crippen molar-refractivity contribution in [3.63, 3.8) is 0 Å². The molecule has 1 aromatic carbocycles. The molecule has 1 aliphatic heterocycles. The first-order valence-corrected chi connectivity index (χ1v) is 7.64. The summed E-state index contributed by atoms with van der Waals surface area (Å²) in [4.78, 5) is 19.5. The van der Waals surface area contributed by atoms with Crippen LogP contribution in [0.5, 0.6) is 0 Å². The molecule has 0 aliphatic carbocycles. The average Bonchev–Trinajstić information content (AvgIpc) is 3.00. The number of hydrogen-bond donors (Lipinski definition) is 1. The van der Waals surface area contributed by atoms with E-state index in [0.29, 0.717) is 5.56 Å². The van der Waals surface area contributed by atoms with Gasteiger partial charge in [0.15, 0.2) is 6.10 Å². The van der Waals surface area contributed by atoms with Gasteiger partial charge in [-0.2, -0.15) is 0 Å². The van der Waals surface area contributed by atoms with Crippen molar-refractivity contribution in [3.05, 3.63) is 84.1 Å². The number of alkyl carbamates (subject to hydrolysis) is 1. The lowest BCUT2D eigenvalue weighted by atomic mass is 10.0. The van der Waals surface area contributed by atoms with Crippen LogP contribution in [0.4, 0.5) is 9.18 Å². The molecule has 0 radical (unpaired) electrons. The third kappa shape index (κ3) is 3.98. The number of amides is 1. The maximum atomic E-state index is 13.1. The lowest BCUT2D eigenvalue weighted by molar-refractivity contribution is 0.136. The molecule has 126 valence electrons. The number of halogens is 1. The van der Waals surface area contributed by atoms with E-state index in [4.69, 9.17) is 4.74 Å². The SMILES string of the molecule is C=N/C=C(\C=C\[C@H]1NC(=O)O[C@@H]1c1ccc(F)cc1)c1cccnc1. The zero-order chi connectivity index (χ0) is 17.6. The molecule has 5 nitrogen and oxygen atoms in total. The molecule has 1 aliphatic rings. The van der Waals surface area contributed by atoms with Gasteiger partial charge in [-0.3, -0.25) is 9.98 Å². The van der Waals surface area contributed by atoms with Gasteiger partial charge in [-0.1, -0.05) is 30.4 Å². The molecule has 2 heterocycles. The molecule has 0 unspecified atom stereocenters. The third-order valence-electron chi connectivity index (χ3n) is 3.75. The number of aromatic nitrogens is 1. The summed E-state index contributed by atoms with van der Waals surface area (Å²) in [5, 5.41) is 2.74. The van der Waals surface area contributed by atoms with Crippen molar-refractivity contribution in [1.82, 2.24) is 10.3 Å². The first-order chi connectivity index (χ1) is 12.2. The molecule has 2 atom stereocenters. The van der Waals surface area contributed by atoms with Crippen LogP contribution in [-0.4, -0.2) is 23.8 Å². The van der Waals surface area contributed by atoms with Gasteiger partial charge in [0.1, 0.15) is 5.82 Å². The first kappa shape index (κ1) is 16.6. The van der Waals surface area contributed by atoms with Gasteiger partial charge in [0.05, 0.1) is 6.04 Å². The Labute approximate surface area is 144 Å². The number of benzene rings is 1. The highest BCUT2D eigenvalue weighted by molar-refractivity contribution is 5.75. The number of hydrogen-bond acceptors (Lipinski definition) is 4. The maximum absolute atomic E-state index is 13.1. The standard InChI is InChI=1S/C19H16FN3O2/c1-21-11-15(14-3-2-10-22-12-14)6-9-17-18(25-19(24)23-17)13-4-7-16(20)8-5-13/h2-12,17-18H,1H2,(H,23,24)/b9-6+,15-11+/t17-,18-/m1/s1. The number of aliphatic imine (C=N–C) groups is 1. The van der Waals surface area contributed by atoms with Crippen LogP contribution in [0.3, 0.4) is 0 Å². The number of carbonyl (C=O) groups excluding carboxylic acids is 1. The molecule has 1 fully saturated rings. The number of cyclic esters (lactones) is 1. The summed E-state index contributed by atoms with van der Waals surface area (Å²) in [5.41, 5.74) is 2.37. The van der Waals surface area contributed by atoms with Crippen molar-refractivity contribution in [1.29, 1.82) is 0 Å². The Hall–Kier alpha value is -3.28. The van der Waals surface area contributed by atoms with E-state index < -0.39 is 12.2 Å². The van der Waals surface area contributed by atoms with Gasteiger partial charge in [0.2, 0.25) is 0 Å². The van der Waals surface area contributed by atoms with E-state index in [1.54, 1.807) is 30.7 Å². The molecule has 3 rings (SSSR count). The number of carbonyl (C=O) groups is 1. The van der Waals surface area contributed by atoms with Crippen LogP contribution in [0.15, 0.2) is 72.1 Å². The molecule has 6 heteroatoms. The summed E-state index contributed by atoms with van der Waals surface area (Å²) in [5.74, 6) is -0.341. The fourth-order valence-electron chi connectivity index (χ4n) is 2.56. The molecular formula is C19H16FN3O2. The van der Waals surface area contributed by atoms with Crippen molar-refractivity contribution < 1.29 is 13.9 Å². The number of rotatable bonds is 5. The van der Waals surface area contributed by atoms with Crippen LogP contribution in [0.25, 0.3) is 5.57 Å². The number of allylic oxidation sites excluding steroid dienone is 2. The quantitative estimate of drug-likeness (QED) is 0.669. The van der Waals surface area contributed by atoms with E-state index in [-0.39, 0.29) is 11.9 Å². The van der Waals surface area contributed by atoms with Crippen LogP contribution < -0.4 is 5.32 Å². The van der Waals surface area contributed by atoms with Crippen LogP contribution >= 0.6 is 0 Å². The first-order valence-electron chi connectivity index (χ1n) is 7.64. The number of ether oxygens (including phenoxy) is 1. The predicted octanol–water partition coefficient (Wildman–Crippen LogP) is 3.67. The van der Waals surface area contributed by atoms with E-state index in [9.17, 15) is 9.18 Å². The molecule has 0 spiro atoms. The summed E-state index contributed by atoms with van der Waals surface area (Å²) in [6.45, 7) is 3.48. The highest BCUT2D eigenvalue weighted by Gasteiger charge is 2.33. The Morgan fingerprint density at radius 1 is 1.32 bits per heavy atom. The van der Waals surface area contributed by atoms with E-state index in [1.165, 1.54) is 12.1 Å². The Bertz CT molecular complexity index is 816. The summed E-state index contributed by atoms with van der Waals surface area (Å²) >= 11 is 0. The topological polar surface area (TPSA) is 63.6 Å². The Morgan fingerprint density at radius 2 is 2.12 bits per heavy atom. The van der Waals surface area contributed by atoms with Crippen LogP contribution in [0, 0.1) is 5.82 Å². The van der Waals surface area contributed by atoms with E-state index in [1.807, 2.05) is 24.3 Å². The normalized spacial score (nSPS) is 20.4. The fraction of sp³-hybridized carbons (Fsp3) is 0.105. The predicted molar refractivity (Wildman–Crippen MR) is 93.4 cm³/mol. The zero-order valence-electron chi connectivity index (χ0n) is 13.3. The summed E-state index contributed by atoms with van der Waals surface area (Å²) in [7, 11) is 0. The lowest BCUT2D eigenvalue weighted by Gasteiger charge is -2.14. The lowest BCUT2D eigenvalue weighted by Crippen LogP contribution is -2.25. The van der Waals surface area contributed by atoms with Crippen molar-refractivity contribution in [2.24, 2.45) is 4.99 Å². The van der Waals surface area contributed by atoms with E-state index >= 15 is 0 Å². The monoisotopic (exact) mass is 337 g/mol. The Morgan fingerprint density at radius 3 is 2.80 bits per heavy atom. The smallest absolute Gasteiger partial charge is 0.408 e. The van der Waals surface area contributed by atoms with E-state index in [2.05, 4.69) is 22.0 Å². The van der Waals surface area contributed by atoms with Crippen molar-refractivity contribution in [2.75, 3.05) is 0 Å². The van der Waals surface area contributed by atoms with Gasteiger partial charge in [-0.15, -0.1) is 0 Å². The Balaban J connectivity index is 1.84. The molecule has 0 saturated carbocycles. The minimum Gasteiger partial charge on any atom is -0.439 e. The fourth-order valence-corrected chi connectivity index (χ4v) is 2.56. The highest BCUT2D eigenvalue weighted by Crippen LogP contribution is 2.28. The largest absolute Gasteiger partial charge is 0.439 e. The second-order valence-electron chi connectivity index (χ2n) is 5.42. The van der Waals surface area contributed by atoms with Gasteiger partial charge in [0, 0.05) is 29.7 Å². The minimum atomic E-state index is -0.531. The van der Waals surface area contributed by atoms with Gasteiger partial charge in [-0.25, -0.2) is 9.18 Å². The van der Waals surface area contributed by atoms with Crippen LogP contribution in [0.2, 0.25) is 0 Å². The van der Waals surface area contributed by atoms with Crippen LogP contribution in [0.1, 0.15) is 17.2 Å². The summed E-state index contributed by atoms with van der Waals surface area (Å²) in [6, 6.07) is 9.21. The second kappa shape index (κ2) is 7.53. The molecule has 2 aromatic rings. The van der Waals surface area contributed by atoms with Gasteiger partial charge >= 0.3 is 6.09 Å². The molecule has 1 amide bonds. The molecular weight excluding hydrogens is 321 g/mol. The van der Waals surface area contributed by atoms with Crippen molar-refractivity contribution in [2.45, 2.75) is 12.1 Å². The second-order valence-corrected chi connectivity index (χ2v) is 5.42. The molecule has 1 N–H and O–H groups in total. The summed E-state index contributed by atoms with van der Waals surface area (Å²) in [6.07, 6.45) is 7.58. The number of nitrogens with zero attached hydrogens (tertiary/aromatic N) is 2. The van der Waals surface area contributed by atoms with Gasteiger partial charge < -0.3 is 10.1 Å². The molecule has 25 heavy (non-hydrogen) atoms. The molecule has 1 aromatic heterocycles. The van der Waals surface area contributed by atoms with E-state index in [0.717, 1.165) is 11.1 Å². The van der Waals surface area contributed by atoms with Crippen molar-refractivity contribution >= 4 is 18.4 Å². The highest BCUT2D eigenvalue weighted by atomic mass is 19.1. The van der Waals surface area contributed by atoms with Gasteiger partial charge in [-0.05, 0) is 30.5 Å². The molecule has 1 saturated heterocycles. The third-order valence-corrected chi connectivity index (χ3v) is 3.75. The van der Waals surface area contributed by atoms with Crippen LogP contribution in [-0.2, 0) is 4.74 Å².